The standard InChI is InChI=1S/C8H6F6N2/c9-6(10)3-1-4(8(12,13)14)7(11)16-5(3)2-15/h1,6H,2,15H2. The fourth-order valence-corrected chi connectivity index (χ4v) is 1.09. The van der Waals surface area contributed by atoms with Crippen molar-refractivity contribution in [2.45, 2.75) is 19.1 Å². The van der Waals surface area contributed by atoms with Gasteiger partial charge in [-0.2, -0.15) is 17.6 Å². The first kappa shape index (κ1) is 12.8. The van der Waals surface area contributed by atoms with Gasteiger partial charge in [-0.15, -0.1) is 0 Å². The van der Waals surface area contributed by atoms with Crippen molar-refractivity contribution < 1.29 is 26.3 Å². The summed E-state index contributed by atoms with van der Waals surface area (Å²) >= 11 is 0. The van der Waals surface area contributed by atoms with Crippen molar-refractivity contribution in [1.29, 1.82) is 0 Å². The molecule has 0 aliphatic rings. The van der Waals surface area contributed by atoms with Gasteiger partial charge in [-0.1, -0.05) is 0 Å². The van der Waals surface area contributed by atoms with Crippen LogP contribution in [0, 0.1) is 5.95 Å². The van der Waals surface area contributed by atoms with E-state index in [0.29, 0.717) is 0 Å². The number of alkyl halides is 5. The van der Waals surface area contributed by atoms with E-state index in [1.165, 1.54) is 0 Å². The molecule has 0 atom stereocenters. The van der Waals surface area contributed by atoms with Crippen LogP contribution in [0.5, 0.6) is 0 Å². The van der Waals surface area contributed by atoms with E-state index in [9.17, 15) is 26.3 Å². The van der Waals surface area contributed by atoms with Crippen molar-refractivity contribution in [3.05, 3.63) is 28.8 Å². The number of pyridine rings is 1. The highest BCUT2D eigenvalue weighted by molar-refractivity contribution is 5.29. The van der Waals surface area contributed by atoms with Crippen molar-refractivity contribution in [1.82, 2.24) is 4.98 Å². The van der Waals surface area contributed by atoms with Crippen LogP contribution in [0.3, 0.4) is 0 Å². The van der Waals surface area contributed by atoms with Crippen LogP contribution in [0.15, 0.2) is 6.07 Å². The molecule has 0 radical (unpaired) electrons. The van der Waals surface area contributed by atoms with E-state index < -0.39 is 41.9 Å². The highest BCUT2D eigenvalue weighted by Crippen LogP contribution is 2.34. The summed E-state index contributed by atoms with van der Waals surface area (Å²) in [7, 11) is 0. The lowest BCUT2D eigenvalue weighted by molar-refractivity contribution is -0.140. The van der Waals surface area contributed by atoms with Crippen LogP contribution in [0.4, 0.5) is 26.3 Å². The maximum atomic E-state index is 12.8. The molecule has 2 N–H and O–H groups in total. The molecule has 0 saturated heterocycles. The molecular weight excluding hydrogens is 238 g/mol. The Kier molecular flexibility index (Phi) is 3.41. The number of hydrogen-bond acceptors (Lipinski definition) is 2. The van der Waals surface area contributed by atoms with Crippen molar-refractivity contribution in [3.8, 4) is 0 Å². The summed E-state index contributed by atoms with van der Waals surface area (Å²) in [5.41, 5.74) is 1.57. The van der Waals surface area contributed by atoms with E-state index in [4.69, 9.17) is 5.73 Å². The van der Waals surface area contributed by atoms with Gasteiger partial charge in [-0.25, -0.2) is 13.8 Å². The van der Waals surface area contributed by atoms with E-state index in [1.54, 1.807) is 0 Å². The summed E-state index contributed by atoms with van der Waals surface area (Å²) in [6.07, 6.45) is -8.25. The summed E-state index contributed by atoms with van der Waals surface area (Å²) in [5, 5.41) is 0. The molecule has 0 bridgehead atoms. The molecule has 1 rings (SSSR count). The predicted molar refractivity (Wildman–Crippen MR) is 42.0 cm³/mol. The third-order valence-electron chi connectivity index (χ3n) is 1.82. The maximum Gasteiger partial charge on any atom is 0.420 e. The molecule has 0 aliphatic heterocycles. The van der Waals surface area contributed by atoms with Crippen molar-refractivity contribution in [2.24, 2.45) is 5.73 Å². The Morgan fingerprint density at radius 2 is 1.88 bits per heavy atom. The molecular formula is C8H6F6N2. The molecule has 2 nitrogen and oxygen atoms in total. The highest BCUT2D eigenvalue weighted by Gasteiger charge is 2.36. The SMILES string of the molecule is NCc1nc(F)c(C(F)(F)F)cc1C(F)F. The number of aromatic nitrogens is 1. The molecule has 1 heterocycles. The Bertz CT molecular complexity index is 387. The zero-order valence-corrected chi connectivity index (χ0v) is 7.65. The molecule has 90 valence electrons. The number of nitrogens with zero attached hydrogens (tertiary/aromatic N) is 1. The minimum Gasteiger partial charge on any atom is -0.325 e. The number of halogens is 6. The molecule has 0 saturated carbocycles. The van der Waals surface area contributed by atoms with Gasteiger partial charge in [0, 0.05) is 12.1 Å². The normalized spacial score (nSPS) is 12.2. The lowest BCUT2D eigenvalue weighted by atomic mass is 10.1. The summed E-state index contributed by atoms with van der Waals surface area (Å²) in [5.74, 6) is -1.85. The fourth-order valence-electron chi connectivity index (χ4n) is 1.09. The smallest absolute Gasteiger partial charge is 0.325 e. The summed E-state index contributed by atoms with van der Waals surface area (Å²) in [4.78, 5) is 2.79. The predicted octanol–water partition coefficient (Wildman–Crippen LogP) is 2.64. The largest absolute Gasteiger partial charge is 0.420 e. The molecule has 0 spiro atoms. The van der Waals surface area contributed by atoms with Crippen LogP contribution in [0.1, 0.15) is 23.2 Å². The van der Waals surface area contributed by atoms with E-state index in [-0.39, 0.29) is 6.07 Å². The van der Waals surface area contributed by atoms with E-state index in [1.807, 2.05) is 0 Å². The average Bonchev–Trinajstić information content (AvgIpc) is 2.14. The van der Waals surface area contributed by atoms with Crippen LogP contribution >= 0.6 is 0 Å². The lowest BCUT2D eigenvalue weighted by Gasteiger charge is -2.12. The Balaban J connectivity index is 3.39. The van der Waals surface area contributed by atoms with Crippen molar-refractivity contribution in [2.75, 3.05) is 0 Å². The number of nitrogens with two attached hydrogens (primary N) is 1. The maximum absolute atomic E-state index is 12.8. The molecule has 0 fully saturated rings. The van der Waals surface area contributed by atoms with Gasteiger partial charge in [0.25, 0.3) is 6.43 Å². The second-order valence-corrected chi connectivity index (χ2v) is 2.87. The Morgan fingerprint density at radius 1 is 1.31 bits per heavy atom. The minimum absolute atomic E-state index is 0.0369. The Hall–Kier alpha value is -1.31. The molecule has 0 unspecified atom stereocenters. The Labute approximate surface area is 86.1 Å². The van der Waals surface area contributed by atoms with E-state index >= 15 is 0 Å². The van der Waals surface area contributed by atoms with Crippen LogP contribution < -0.4 is 5.73 Å². The molecule has 0 aliphatic carbocycles. The van der Waals surface area contributed by atoms with Gasteiger partial charge >= 0.3 is 6.18 Å². The molecule has 0 amide bonds. The average molecular weight is 244 g/mol. The number of hydrogen-bond donors (Lipinski definition) is 1. The molecule has 1 aromatic heterocycles. The molecule has 1 aromatic rings. The molecule has 8 heteroatoms. The first-order valence-corrected chi connectivity index (χ1v) is 4.02. The first-order chi connectivity index (χ1) is 7.27. The van der Waals surface area contributed by atoms with Gasteiger partial charge in [0.05, 0.1) is 5.69 Å². The van der Waals surface area contributed by atoms with Crippen LogP contribution in [0.25, 0.3) is 0 Å². The van der Waals surface area contributed by atoms with Crippen molar-refractivity contribution >= 4 is 0 Å². The van der Waals surface area contributed by atoms with Crippen LogP contribution in [-0.2, 0) is 12.7 Å². The zero-order chi connectivity index (χ0) is 12.5. The van der Waals surface area contributed by atoms with Gasteiger partial charge < -0.3 is 5.73 Å². The molecule has 16 heavy (non-hydrogen) atoms. The second kappa shape index (κ2) is 4.28. The number of rotatable bonds is 2. The fraction of sp³-hybridized carbons (Fsp3) is 0.375. The van der Waals surface area contributed by atoms with Gasteiger partial charge in [0.2, 0.25) is 5.95 Å². The lowest BCUT2D eigenvalue weighted by Crippen LogP contribution is -2.15. The van der Waals surface area contributed by atoms with Gasteiger partial charge in [-0.05, 0) is 6.07 Å². The molecule has 0 aromatic carbocycles. The van der Waals surface area contributed by atoms with E-state index in [0.717, 1.165) is 0 Å². The van der Waals surface area contributed by atoms with Gasteiger partial charge in [0.1, 0.15) is 5.56 Å². The third-order valence-corrected chi connectivity index (χ3v) is 1.82. The topological polar surface area (TPSA) is 38.9 Å². The summed E-state index contributed by atoms with van der Waals surface area (Å²) in [6, 6.07) is 0.0369. The monoisotopic (exact) mass is 244 g/mol. The minimum atomic E-state index is -5.06. The highest BCUT2D eigenvalue weighted by atomic mass is 19.4. The summed E-state index contributed by atoms with van der Waals surface area (Å²) < 4.78 is 74.0. The van der Waals surface area contributed by atoms with Gasteiger partial charge in [0.15, 0.2) is 0 Å². The van der Waals surface area contributed by atoms with E-state index in [2.05, 4.69) is 4.98 Å². The van der Waals surface area contributed by atoms with Crippen LogP contribution in [-0.4, -0.2) is 4.98 Å². The third kappa shape index (κ3) is 2.43. The summed E-state index contributed by atoms with van der Waals surface area (Å²) in [6.45, 7) is -0.561. The quantitative estimate of drug-likeness (QED) is 0.641. The Morgan fingerprint density at radius 3 is 2.25 bits per heavy atom. The zero-order valence-electron chi connectivity index (χ0n) is 7.65. The second-order valence-electron chi connectivity index (χ2n) is 2.87. The van der Waals surface area contributed by atoms with Crippen molar-refractivity contribution in [3.63, 3.8) is 0 Å². The van der Waals surface area contributed by atoms with Gasteiger partial charge in [-0.3, -0.25) is 0 Å². The first-order valence-electron chi connectivity index (χ1n) is 4.02. The van der Waals surface area contributed by atoms with Crippen LogP contribution in [0.2, 0.25) is 0 Å².